The van der Waals surface area contributed by atoms with Crippen LogP contribution in [0.1, 0.15) is 27.2 Å². The molecule has 5 nitrogen and oxygen atoms in total. The minimum absolute atomic E-state index is 0.0217. The van der Waals surface area contributed by atoms with Crippen molar-refractivity contribution in [3.63, 3.8) is 0 Å². The van der Waals surface area contributed by atoms with Crippen LogP contribution >= 0.6 is 0 Å². The maximum Gasteiger partial charge on any atom is 0.225 e. The number of benzene rings is 1. The number of amides is 2. The smallest absolute Gasteiger partial charge is 0.225 e. The summed E-state index contributed by atoms with van der Waals surface area (Å²) in [6.45, 7) is 7.83. The van der Waals surface area contributed by atoms with Gasteiger partial charge in [0.2, 0.25) is 11.8 Å². The van der Waals surface area contributed by atoms with Crippen LogP contribution in [0.15, 0.2) is 30.3 Å². The number of likely N-dealkylation sites (tertiary alicyclic amines) is 1. The van der Waals surface area contributed by atoms with Crippen molar-refractivity contribution in [3.05, 3.63) is 30.3 Å². The number of likely N-dealkylation sites (N-methyl/N-ethyl adjacent to an activating group) is 1. The fourth-order valence-electron chi connectivity index (χ4n) is 2.83. The van der Waals surface area contributed by atoms with Crippen LogP contribution in [0.2, 0.25) is 0 Å². The highest BCUT2D eigenvalue weighted by atomic mass is 16.2. The molecule has 1 fully saturated rings. The van der Waals surface area contributed by atoms with E-state index in [1.165, 1.54) is 0 Å². The standard InChI is InChI=1S/C18H27N3O2/c1-18(2,3)21-13-14(12-16(21)22)17(23)19-10-11-20(4)15-8-6-5-7-9-15/h5-9,14H,10-13H2,1-4H3,(H,19,23). The molecule has 0 radical (unpaired) electrons. The summed E-state index contributed by atoms with van der Waals surface area (Å²) in [7, 11) is 2.00. The van der Waals surface area contributed by atoms with E-state index < -0.39 is 0 Å². The average Bonchev–Trinajstić information content (AvgIpc) is 2.90. The third-order valence-corrected chi connectivity index (χ3v) is 4.25. The first-order valence-electron chi connectivity index (χ1n) is 8.13. The Bertz CT molecular complexity index is 551. The molecule has 2 amide bonds. The Morgan fingerprint density at radius 3 is 2.52 bits per heavy atom. The Balaban J connectivity index is 1.79. The second-order valence-electron chi connectivity index (χ2n) is 7.12. The predicted molar refractivity (Wildman–Crippen MR) is 92.3 cm³/mol. The van der Waals surface area contributed by atoms with E-state index in [0.717, 1.165) is 12.2 Å². The molecule has 1 unspecified atom stereocenters. The van der Waals surface area contributed by atoms with Gasteiger partial charge in [0.1, 0.15) is 0 Å². The van der Waals surface area contributed by atoms with Gasteiger partial charge in [-0.25, -0.2) is 0 Å². The summed E-state index contributed by atoms with van der Waals surface area (Å²) in [5.41, 5.74) is 0.899. The maximum absolute atomic E-state index is 12.3. The summed E-state index contributed by atoms with van der Waals surface area (Å²) in [5.74, 6) is -0.186. The van der Waals surface area contributed by atoms with Gasteiger partial charge in [-0.1, -0.05) is 18.2 Å². The Morgan fingerprint density at radius 1 is 1.30 bits per heavy atom. The van der Waals surface area contributed by atoms with E-state index in [2.05, 4.69) is 10.2 Å². The van der Waals surface area contributed by atoms with Crippen LogP contribution < -0.4 is 10.2 Å². The molecule has 0 spiro atoms. The first-order valence-corrected chi connectivity index (χ1v) is 8.13. The van der Waals surface area contributed by atoms with E-state index in [-0.39, 0.29) is 23.3 Å². The van der Waals surface area contributed by atoms with Crippen molar-refractivity contribution >= 4 is 17.5 Å². The van der Waals surface area contributed by atoms with Crippen LogP contribution in [-0.2, 0) is 9.59 Å². The van der Waals surface area contributed by atoms with Gasteiger partial charge in [0.15, 0.2) is 0 Å². The van der Waals surface area contributed by atoms with Crippen LogP contribution in [0.25, 0.3) is 0 Å². The van der Waals surface area contributed by atoms with Crippen LogP contribution in [0.5, 0.6) is 0 Å². The summed E-state index contributed by atoms with van der Waals surface area (Å²) in [6.07, 6.45) is 0.317. The van der Waals surface area contributed by atoms with E-state index in [4.69, 9.17) is 0 Å². The van der Waals surface area contributed by atoms with Crippen molar-refractivity contribution in [2.45, 2.75) is 32.7 Å². The lowest BCUT2D eigenvalue weighted by molar-refractivity contribution is -0.132. The monoisotopic (exact) mass is 317 g/mol. The van der Waals surface area contributed by atoms with Crippen molar-refractivity contribution < 1.29 is 9.59 Å². The lowest BCUT2D eigenvalue weighted by Crippen LogP contribution is -2.43. The van der Waals surface area contributed by atoms with Crippen LogP contribution in [0.4, 0.5) is 5.69 Å². The van der Waals surface area contributed by atoms with Gasteiger partial charge in [0.25, 0.3) is 0 Å². The molecule has 0 aliphatic carbocycles. The van der Waals surface area contributed by atoms with Crippen LogP contribution in [-0.4, -0.2) is 48.9 Å². The van der Waals surface area contributed by atoms with Crippen molar-refractivity contribution in [1.29, 1.82) is 0 Å². The molecule has 1 aromatic carbocycles. The molecule has 126 valence electrons. The summed E-state index contributed by atoms with van der Waals surface area (Å²) in [4.78, 5) is 28.2. The van der Waals surface area contributed by atoms with E-state index in [1.54, 1.807) is 4.90 Å². The molecule has 23 heavy (non-hydrogen) atoms. The first-order chi connectivity index (χ1) is 10.8. The second-order valence-corrected chi connectivity index (χ2v) is 7.12. The number of nitrogens with one attached hydrogen (secondary N) is 1. The van der Waals surface area contributed by atoms with Crippen LogP contribution in [0.3, 0.4) is 0 Å². The maximum atomic E-state index is 12.3. The highest BCUT2D eigenvalue weighted by Crippen LogP contribution is 2.25. The molecule has 1 heterocycles. The Kier molecular flexibility index (Phi) is 5.29. The Hall–Kier alpha value is -2.04. The van der Waals surface area contributed by atoms with Crippen molar-refractivity contribution in [2.24, 2.45) is 5.92 Å². The zero-order valence-corrected chi connectivity index (χ0v) is 14.5. The van der Waals surface area contributed by atoms with Gasteiger partial charge in [0, 0.05) is 44.3 Å². The Morgan fingerprint density at radius 2 is 1.96 bits per heavy atom. The molecular formula is C18H27N3O2. The van der Waals surface area contributed by atoms with Gasteiger partial charge in [-0.3, -0.25) is 9.59 Å². The molecule has 0 saturated carbocycles. The van der Waals surface area contributed by atoms with E-state index >= 15 is 0 Å². The fourth-order valence-corrected chi connectivity index (χ4v) is 2.83. The van der Waals surface area contributed by atoms with Gasteiger partial charge >= 0.3 is 0 Å². The molecule has 0 bridgehead atoms. The largest absolute Gasteiger partial charge is 0.373 e. The number of hydrogen-bond acceptors (Lipinski definition) is 3. The highest BCUT2D eigenvalue weighted by Gasteiger charge is 2.39. The van der Waals surface area contributed by atoms with Gasteiger partial charge < -0.3 is 15.1 Å². The van der Waals surface area contributed by atoms with Crippen molar-refractivity contribution in [2.75, 3.05) is 31.6 Å². The number of anilines is 1. The van der Waals surface area contributed by atoms with Gasteiger partial charge in [0.05, 0.1) is 5.92 Å². The lowest BCUT2D eigenvalue weighted by atomic mass is 10.1. The summed E-state index contributed by atoms with van der Waals surface area (Å²) in [5, 5.41) is 2.96. The molecule has 0 aromatic heterocycles. The normalized spacial score (nSPS) is 18.2. The number of carbonyl (C=O) groups is 2. The summed E-state index contributed by atoms with van der Waals surface area (Å²) < 4.78 is 0. The molecule has 1 aliphatic heterocycles. The molecule has 5 heteroatoms. The number of para-hydroxylation sites is 1. The SMILES string of the molecule is CN(CCNC(=O)C1CC(=O)N(C(C)(C)C)C1)c1ccccc1. The summed E-state index contributed by atoms with van der Waals surface area (Å²) >= 11 is 0. The zero-order valence-electron chi connectivity index (χ0n) is 14.5. The minimum atomic E-state index is -0.233. The fraction of sp³-hybridized carbons (Fsp3) is 0.556. The van der Waals surface area contributed by atoms with Crippen LogP contribution in [0, 0.1) is 5.92 Å². The highest BCUT2D eigenvalue weighted by molar-refractivity contribution is 5.89. The van der Waals surface area contributed by atoms with E-state index in [1.807, 2.05) is 58.2 Å². The van der Waals surface area contributed by atoms with Gasteiger partial charge in [-0.15, -0.1) is 0 Å². The number of nitrogens with zero attached hydrogens (tertiary/aromatic N) is 2. The zero-order chi connectivity index (χ0) is 17.0. The second kappa shape index (κ2) is 7.02. The molecule has 1 N–H and O–H groups in total. The van der Waals surface area contributed by atoms with E-state index in [9.17, 15) is 9.59 Å². The lowest BCUT2D eigenvalue weighted by Gasteiger charge is -2.32. The number of carbonyl (C=O) groups excluding carboxylic acids is 2. The van der Waals surface area contributed by atoms with E-state index in [0.29, 0.717) is 19.5 Å². The third kappa shape index (κ3) is 4.47. The first kappa shape index (κ1) is 17.3. The van der Waals surface area contributed by atoms with Gasteiger partial charge in [-0.05, 0) is 32.9 Å². The minimum Gasteiger partial charge on any atom is -0.373 e. The van der Waals surface area contributed by atoms with Crippen molar-refractivity contribution in [3.8, 4) is 0 Å². The van der Waals surface area contributed by atoms with Crippen molar-refractivity contribution in [1.82, 2.24) is 10.2 Å². The molecule has 1 atom stereocenters. The van der Waals surface area contributed by atoms with Gasteiger partial charge in [-0.2, -0.15) is 0 Å². The predicted octanol–water partition coefficient (Wildman–Crippen LogP) is 1.89. The molecule has 1 aliphatic rings. The number of hydrogen-bond donors (Lipinski definition) is 1. The topological polar surface area (TPSA) is 52.7 Å². The number of rotatable bonds is 5. The third-order valence-electron chi connectivity index (χ3n) is 4.25. The average molecular weight is 317 g/mol. The molecule has 2 rings (SSSR count). The molecule has 1 saturated heterocycles. The molecule has 1 aromatic rings. The molecular weight excluding hydrogens is 290 g/mol. The Labute approximate surface area is 138 Å². The quantitative estimate of drug-likeness (QED) is 0.902. The summed E-state index contributed by atoms with van der Waals surface area (Å²) in [6, 6.07) is 10.1.